The first-order chi connectivity index (χ1) is 6.66. The number of benzene rings is 1. The summed E-state index contributed by atoms with van der Waals surface area (Å²) in [5.74, 6) is 0.0830. The quantitative estimate of drug-likeness (QED) is 0.728. The summed E-state index contributed by atoms with van der Waals surface area (Å²) in [7, 11) is 0. The predicted octanol–water partition coefficient (Wildman–Crippen LogP) is 2.76. The molecular weight excluding hydrogens is 179 g/mol. The van der Waals surface area contributed by atoms with Gasteiger partial charge in [0, 0.05) is 0 Å². The van der Waals surface area contributed by atoms with Crippen LogP contribution in [0.4, 0.5) is 4.39 Å². The van der Waals surface area contributed by atoms with Crippen molar-refractivity contribution in [3.63, 3.8) is 0 Å². The first kappa shape index (κ1) is 9.66. The van der Waals surface area contributed by atoms with E-state index in [1.54, 1.807) is 6.07 Å². The minimum atomic E-state index is -0.236. The van der Waals surface area contributed by atoms with Gasteiger partial charge in [0.25, 0.3) is 0 Å². The van der Waals surface area contributed by atoms with Crippen LogP contribution in [0.1, 0.15) is 36.3 Å². The van der Waals surface area contributed by atoms with Gasteiger partial charge in [-0.2, -0.15) is 0 Å². The van der Waals surface area contributed by atoms with Crippen molar-refractivity contribution >= 4 is 0 Å². The Balaban J connectivity index is 2.27. The molecule has 0 bridgehead atoms. The number of aliphatic hydroxyl groups is 1. The maximum absolute atomic E-state index is 13.5. The van der Waals surface area contributed by atoms with Gasteiger partial charge in [-0.3, -0.25) is 0 Å². The molecule has 0 aromatic heterocycles. The lowest BCUT2D eigenvalue weighted by molar-refractivity contribution is 0.181. The van der Waals surface area contributed by atoms with Crippen molar-refractivity contribution in [2.75, 3.05) is 0 Å². The molecule has 14 heavy (non-hydrogen) atoms. The average Bonchev–Trinajstić information content (AvgIpc) is 2.56. The second-order valence-corrected chi connectivity index (χ2v) is 4.19. The van der Waals surface area contributed by atoms with E-state index < -0.39 is 0 Å². The first-order valence-electron chi connectivity index (χ1n) is 5.11. The van der Waals surface area contributed by atoms with Crippen molar-refractivity contribution in [2.24, 2.45) is 0 Å². The van der Waals surface area contributed by atoms with Gasteiger partial charge >= 0.3 is 0 Å². The van der Waals surface area contributed by atoms with Crippen LogP contribution in [0.15, 0.2) is 18.2 Å². The molecule has 1 saturated carbocycles. The van der Waals surface area contributed by atoms with Gasteiger partial charge in [0.05, 0.1) is 6.10 Å². The highest BCUT2D eigenvalue weighted by Crippen LogP contribution is 2.35. The van der Waals surface area contributed by atoms with Gasteiger partial charge in [-0.1, -0.05) is 17.7 Å². The van der Waals surface area contributed by atoms with Crippen LogP contribution in [0.3, 0.4) is 0 Å². The van der Waals surface area contributed by atoms with Crippen LogP contribution >= 0.6 is 0 Å². The van der Waals surface area contributed by atoms with Crippen molar-refractivity contribution in [1.82, 2.24) is 0 Å². The molecule has 1 N–H and O–H groups in total. The molecule has 2 heteroatoms. The predicted molar refractivity (Wildman–Crippen MR) is 53.7 cm³/mol. The molecule has 0 heterocycles. The average molecular weight is 194 g/mol. The Bertz CT molecular complexity index is 335. The summed E-state index contributed by atoms with van der Waals surface area (Å²) in [6.45, 7) is 1.97. The van der Waals surface area contributed by atoms with Crippen molar-refractivity contribution in [1.29, 1.82) is 0 Å². The fourth-order valence-corrected chi connectivity index (χ4v) is 2.22. The van der Waals surface area contributed by atoms with Crippen LogP contribution in [-0.4, -0.2) is 11.2 Å². The lowest BCUT2D eigenvalue weighted by atomic mass is 9.95. The van der Waals surface area contributed by atoms with Gasteiger partial charge in [0.1, 0.15) is 5.82 Å². The Hall–Kier alpha value is -0.890. The fourth-order valence-electron chi connectivity index (χ4n) is 2.22. The standard InChI is InChI=1S/C12H15FO/c1-8-2-5-12(13)11(6-8)9-3-4-10(14)7-9/h2,5-6,9-10,14H,3-4,7H2,1H3. The third kappa shape index (κ3) is 1.80. The molecule has 1 aliphatic rings. The topological polar surface area (TPSA) is 20.2 Å². The molecule has 1 aliphatic carbocycles. The molecule has 0 aliphatic heterocycles. The molecule has 0 radical (unpaired) electrons. The highest BCUT2D eigenvalue weighted by atomic mass is 19.1. The highest BCUT2D eigenvalue weighted by molar-refractivity contribution is 5.28. The molecule has 0 saturated heterocycles. The summed E-state index contributed by atoms with van der Waals surface area (Å²) in [6.07, 6.45) is 2.18. The van der Waals surface area contributed by atoms with Crippen LogP contribution in [0, 0.1) is 12.7 Å². The molecule has 1 nitrogen and oxygen atoms in total. The molecule has 1 fully saturated rings. The second-order valence-electron chi connectivity index (χ2n) is 4.19. The fraction of sp³-hybridized carbons (Fsp3) is 0.500. The van der Waals surface area contributed by atoms with Crippen LogP contribution < -0.4 is 0 Å². The van der Waals surface area contributed by atoms with E-state index in [9.17, 15) is 9.50 Å². The van der Waals surface area contributed by atoms with Gasteiger partial charge in [-0.15, -0.1) is 0 Å². The Morgan fingerprint density at radius 1 is 1.36 bits per heavy atom. The van der Waals surface area contributed by atoms with E-state index in [1.807, 2.05) is 13.0 Å². The summed E-state index contributed by atoms with van der Waals surface area (Å²) in [5.41, 5.74) is 1.87. The largest absolute Gasteiger partial charge is 0.393 e. The molecule has 76 valence electrons. The number of hydrogen-bond acceptors (Lipinski definition) is 1. The number of aryl methyl sites for hydroxylation is 1. The van der Waals surface area contributed by atoms with Crippen molar-refractivity contribution < 1.29 is 9.50 Å². The van der Waals surface area contributed by atoms with Crippen molar-refractivity contribution in [3.05, 3.63) is 35.1 Å². The zero-order valence-corrected chi connectivity index (χ0v) is 8.33. The Morgan fingerprint density at radius 2 is 2.14 bits per heavy atom. The summed E-state index contributed by atoms with van der Waals surface area (Å²) in [6, 6.07) is 5.21. The molecule has 0 amide bonds. The Kier molecular flexibility index (Phi) is 2.55. The normalized spacial score (nSPS) is 26.8. The van der Waals surface area contributed by atoms with Gasteiger partial charge in [-0.05, 0) is 43.7 Å². The summed E-state index contributed by atoms with van der Waals surface area (Å²) in [4.78, 5) is 0. The van der Waals surface area contributed by atoms with E-state index in [0.29, 0.717) is 6.42 Å². The maximum atomic E-state index is 13.5. The zero-order chi connectivity index (χ0) is 10.1. The summed E-state index contributed by atoms with van der Waals surface area (Å²) in [5, 5.41) is 9.40. The molecule has 2 unspecified atom stereocenters. The zero-order valence-electron chi connectivity index (χ0n) is 8.33. The first-order valence-corrected chi connectivity index (χ1v) is 5.11. The lowest BCUT2D eigenvalue weighted by Gasteiger charge is -2.11. The van der Waals surface area contributed by atoms with Gasteiger partial charge in [0.2, 0.25) is 0 Å². The van der Waals surface area contributed by atoms with Crippen LogP contribution in [0.2, 0.25) is 0 Å². The molecule has 1 aromatic carbocycles. The number of aliphatic hydroxyl groups excluding tert-OH is 1. The Labute approximate surface area is 83.6 Å². The van der Waals surface area contributed by atoms with Crippen LogP contribution in [0.5, 0.6) is 0 Å². The molecular formula is C12H15FO. The maximum Gasteiger partial charge on any atom is 0.126 e. The van der Waals surface area contributed by atoms with Gasteiger partial charge in [-0.25, -0.2) is 4.39 Å². The van der Waals surface area contributed by atoms with E-state index in [0.717, 1.165) is 24.0 Å². The second kappa shape index (κ2) is 3.70. The van der Waals surface area contributed by atoms with Crippen LogP contribution in [-0.2, 0) is 0 Å². The number of rotatable bonds is 1. The van der Waals surface area contributed by atoms with Gasteiger partial charge in [0.15, 0.2) is 0 Å². The van der Waals surface area contributed by atoms with Crippen molar-refractivity contribution in [2.45, 2.75) is 38.2 Å². The highest BCUT2D eigenvalue weighted by Gasteiger charge is 2.26. The molecule has 1 aromatic rings. The molecule has 2 rings (SSSR count). The Morgan fingerprint density at radius 3 is 2.79 bits per heavy atom. The minimum Gasteiger partial charge on any atom is -0.393 e. The van der Waals surface area contributed by atoms with E-state index in [4.69, 9.17) is 0 Å². The van der Waals surface area contributed by atoms with E-state index in [1.165, 1.54) is 6.07 Å². The summed E-state index contributed by atoms with van der Waals surface area (Å²) >= 11 is 0. The third-order valence-electron chi connectivity index (χ3n) is 3.00. The summed E-state index contributed by atoms with van der Waals surface area (Å²) < 4.78 is 13.5. The van der Waals surface area contributed by atoms with Crippen molar-refractivity contribution in [3.8, 4) is 0 Å². The number of halogens is 1. The van der Waals surface area contributed by atoms with Gasteiger partial charge < -0.3 is 5.11 Å². The minimum absolute atomic E-state index is 0.130. The van der Waals surface area contributed by atoms with E-state index >= 15 is 0 Å². The SMILES string of the molecule is Cc1ccc(F)c(C2CCC(O)C2)c1. The monoisotopic (exact) mass is 194 g/mol. The van der Waals surface area contributed by atoms with Crippen LogP contribution in [0.25, 0.3) is 0 Å². The van der Waals surface area contributed by atoms with E-state index in [2.05, 4.69) is 0 Å². The third-order valence-corrected chi connectivity index (χ3v) is 3.00. The smallest absolute Gasteiger partial charge is 0.126 e. The lowest BCUT2D eigenvalue weighted by Crippen LogP contribution is -2.01. The number of hydrogen-bond donors (Lipinski definition) is 1. The molecule has 2 atom stereocenters. The molecule has 0 spiro atoms. The van der Waals surface area contributed by atoms with E-state index in [-0.39, 0.29) is 17.8 Å².